The average Bonchev–Trinajstić information content (AvgIpc) is 2.73. The van der Waals surface area contributed by atoms with Crippen molar-refractivity contribution >= 4 is 5.78 Å². The van der Waals surface area contributed by atoms with Gasteiger partial charge in [-0.15, -0.1) is 0 Å². The molecule has 0 saturated carbocycles. The van der Waals surface area contributed by atoms with Crippen LogP contribution in [0.2, 0.25) is 0 Å². The molecule has 1 rings (SSSR count). The average molecular weight is 225 g/mol. The molecule has 1 fully saturated rings. The van der Waals surface area contributed by atoms with Crippen LogP contribution in [0.25, 0.3) is 0 Å². The minimum Gasteiger partial charge on any atom is -0.380 e. The number of ketones is 1. The Morgan fingerprint density at radius 3 is 2.62 bits per heavy atom. The molecule has 1 aliphatic heterocycles. The number of likely N-dealkylation sites (tertiary alicyclic amines) is 1. The van der Waals surface area contributed by atoms with Crippen molar-refractivity contribution < 1.29 is 9.53 Å². The van der Waals surface area contributed by atoms with E-state index in [1.807, 2.05) is 19.9 Å². The zero-order valence-electron chi connectivity index (χ0n) is 10.8. The van der Waals surface area contributed by atoms with Crippen molar-refractivity contribution in [3.05, 3.63) is 12.2 Å². The van der Waals surface area contributed by atoms with E-state index in [1.54, 1.807) is 13.2 Å². The summed E-state index contributed by atoms with van der Waals surface area (Å²) in [5.74, 6) is 0.295. The lowest BCUT2D eigenvalue weighted by atomic mass is 10.1. The van der Waals surface area contributed by atoms with Gasteiger partial charge in [0.2, 0.25) is 0 Å². The third kappa shape index (κ3) is 3.72. The quantitative estimate of drug-likeness (QED) is 0.669. The summed E-state index contributed by atoms with van der Waals surface area (Å²) in [6, 6.07) is 0.322. The van der Waals surface area contributed by atoms with Crippen molar-refractivity contribution in [2.45, 2.75) is 39.3 Å². The predicted octanol–water partition coefficient (Wildman–Crippen LogP) is 1.88. The minimum absolute atomic E-state index is 0.0914. The Morgan fingerprint density at radius 2 is 2.12 bits per heavy atom. The molecule has 92 valence electrons. The lowest BCUT2D eigenvalue weighted by Gasteiger charge is -2.20. The van der Waals surface area contributed by atoms with Crippen LogP contribution in [0.3, 0.4) is 0 Å². The van der Waals surface area contributed by atoms with Crippen LogP contribution in [-0.2, 0) is 9.53 Å². The Hall–Kier alpha value is -0.670. The summed E-state index contributed by atoms with van der Waals surface area (Å²) in [5, 5.41) is 0. The number of hydrogen-bond donors (Lipinski definition) is 0. The summed E-state index contributed by atoms with van der Waals surface area (Å²) >= 11 is 0. The van der Waals surface area contributed by atoms with E-state index < -0.39 is 0 Å². The van der Waals surface area contributed by atoms with Gasteiger partial charge in [-0.3, -0.25) is 9.69 Å². The van der Waals surface area contributed by atoms with E-state index >= 15 is 0 Å². The zero-order chi connectivity index (χ0) is 12.1. The van der Waals surface area contributed by atoms with E-state index in [2.05, 4.69) is 11.8 Å². The van der Waals surface area contributed by atoms with Gasteiger partial charge >= 0.3 is 0 Å². The molecular formula is C13H23NO2. The van der Waals surface area contributed by atoms with E-state index in [9.17, 15) is 4.79 Å². The summed E-state index contributed by atoms with van der Waals surface area (Å²) in [4.78, 5) is 13.8. The highest BCUT2D eigenvalue weighted by Gasteiger charge is 2.24. The van der Waals surface area contributed by atoms with Crippen molar-refractivity contribution in [1.82, 2.24) is 4.90 Å². The Morgan fingerprint density at radius 1 is 1.44 bits per heavy atom. The van der Waals surface area contributed by atoms with Gasteiger partial charge in [-0.25, -0.2) is 0 Å². The molecule has 0 aromatic heterocycles. The number of methoxy groups -OCH3 is 1. The van der Waals surface area contributed by atoms with Crippen LogP contribution < -0.4 is 0 Å². The molecule has 0 amide bonds. The number of hydrogen-bond acceptors (Lipinski definition) is 3. The second-order valence-electron chi connectivity index (χ2n) is 4.80. The highest BCUT2D eigenvalue weighted by Crippen LogP contribution is 2.15. The number of carbonyl (C=O) groups is 1. The van der Waals surface area contributed by atoms with Crippen LogP contribution in [0.15, 0.2) is 12.2 Å². The van der Waals surface area contributed by atoms with Crippen LogP contribution in [0.4, 0.5) is 0 Å². The fourth-order valence-electron chi connectivity index (χ4n) is 1.86. The lowest BCUT2D eigenvalue weighted by Crippen LogP contribution is -2.30. The molecule has 1 heterocycles. The number of nitrogens with zero attached hydrogens (tertiary/aromatic N) is 1. The van der Waals surface area contributed by atoms with Crippen molar-refractivity contribution in [2.24, 2.45) is 5.92 Å². The van der Waals surface area contributed by atoms with E-state index in [-0.39, 0.29) is 11.7 Å². The maximum Gasteiger partial charge on any atom is 0.157 e. The summed E-state index contributed by atoms with van der Waals surface area (Å²) in [6.45, 7) is 8.00. The molecule has 0 spiro atoms. The maximum atomic E-state index is 11.5. The molecule has 1 unspecified atom stereocenters. The molecule has 0 aliphatic carbocycles. The van der Waals surface area contributed by atoms with Crippen LogP contribution in [0.1, 0.15) is 27.2 Å². The van der Waals surface area contributed by atoms with Gasteiger partial charge < -0.3 is 4.74 Å². The zero-order valence-corrected chi connectivity index (χ0v) is 10.8. The Kier molecular flexibility index (Phi) is 5.16. The second-order valence-corrected chi connectivity index (χ2v) is 4.80. The van der Waals surface area contributed by atoms with E-state index in [0.29, 0.717) is 12.1 Å². The van der Waals surface area contributed by atoms with E-state index in [4.69, 9.17) is 4.74 Å². The molecule has 0 N–H and O–H groups in total. The Bertz CT molecular complexity index is 261. The van der Waals surface area contributed by atoms with Crippen molar-refractivity contribution in [2.75, 3.05) is 20.2 Å². The third-order valence-electron chi connectivity index (χ3n) is 3.19. The topological polar surface area (TPSA) is 29.5 Å². The molecule has 1 aliphatic rings. The van der Waals surface area contributed by atoms with Gasteiger partial charge in [-0.1, -0.05) is 19.9 Å². The van der Waals surface area contributed by atoms with E-state index in [0.717, 1.165) is 19.5 Å². The SMILES string of the molecule is CO[C@@H]1CCN(C(C)/C=C/C(=O)C(C)C)C1. The van der Waals surface area contributed by atoms with Crippen LogP contribution in [0, 0.1) is 5.92 Å². The maximum absolute atomic E-state index is 11.5. The van der Waals surface area contributed by atoms with Gasteiger partial charge in [0.15, 0.2) is 5.78 Å². The fourth-order valence-corrected chi connectivity index (χ4v) is 1.86. The standard InChI is InChI=1S/C13H23NO2/c1-10(2)13(15)6-5-11(3)14-8-7-12(9-14)16-4/h5-6,10-12H,7-9H2,1-4H3/b6-5+/t11?,12-/m1/s1. The fraction of sp³-hybridized carbons (Fsp3) is 0.769. The number of ether oxygens (including phenoxy) is 1. The second kappa shape index (κ2) is 6.16. The first-order valence-corrected chi connectivity index (χ1v) is 6.03. The minimum atomic E-state index is 0.0914. The van der Waals surface area contributed by atoms with E-state index in [1.165, 1.54) is 0 Å². The summed E-state index contributed by atoms with van der Waals surface area (Å²) in [7, 11) is 1.76. The van der Waals surface area contributed by atoms with Gasteiger partial charge in [-0.05, 0) is 19.4 Å². The molecule has 0 bridgehead atoms. The molecule has 3 nitrogen and oxygen atoms in total. The van der Waals surface area contributed by atoms with Crippen molar-refractivity contribution in [1.29, 1.82) is 0 Å². The molecule has 0 radical (unpaired) electrons. The normalized spacial score (nSPS) is 24.4. The van der Waals surface area contributed by atoms with Crippen LogP contribution >= 0.6 is 0 Å². The monoisotopic (exact) mass is 225 g/mol. The first-order chi connectivity index (χ1) is 7.54. The summed E-state index contributed by atoms with van der Waals surface area (Å²) in [6.07, 6.45) is 5.17. The number of carbonyl (C=O) groups excluding carboxylic acids is 1. The number of rotatable bonds is 5. The molecule has 1 saturated heterocycles. The molecule has 16 heavy (non-hydrogen) atoms. The highest BCUT2D eigenvalue weighted by molar-refractivity contribution is 5.91. The molecule has 2 atom stereocenters. The molecular weight excluding hydrogens is 202 g/mol. The first kappa shape index (κ1) is 13.4. The van der Waals surface area contributed by atoms with Crippen molar-refractivity contribution in [3.8, 4) is 0 Å². The largest absolute Gasteiger partial charge is 0.380 e. The summed E-state index contributed by atoms with van der Waals surface area (Å²) < 4.78 is 5.32. The van der Waals surface area contributed by atoms with Gasteiger partial charge in [0, 0.05) is 32.2 Å². The van der Waals surface area contributed by atoms with Crippen LogP contribution in [-0.4, -0.2) is 43.0 Å². The molecule has 3 heteroatoms. The van der Waals surface area contributed by atoms with Gasteiger partial charge in [0.05, 0.1) is 6.10 Å². The van der Waals surface area contributed by atoms with Gasteiger partial charge in [0.1, 0.15) is 0 Å². The van der Waals surface area contributed by atoms with Gasteiger partial charge in [0.25, 0.3) is 0 Å². The number of allylic oxidation sites excluding steroid dienone is 1. The Balaban J connectivity index is 2.41. The van der Waals surface area contributed by atoms with Crippen molar-refractivity contribution in [3.63, 3.8) is 0 Å². The molecule has 0 aromatic carbocycles. The lowest BCUT2D eigenvalue weighted by molar-refractivity contribution is -0.117. The molecule has 0 aromatic rings. The third-order valence-corrected chi connectivity index (χ3v) is 3.19. The van der Waals surface area contributed by atoms with Gasteiger partial charge in [-0.2, -0.15) is 0 Å². The highest BCUT2D eigenvalue weighted by atomic mass is 16.5. The van der Waals surface area contributed by atoms with Crippen LogP contribution in [0.5, 0.6) is 0 Å². The first-order valence-electron chi connectivity index (χ1n) is 6.03. The Labute approximate surface area is 98.5 Å². The summed E-state index contributed by atoms with van der Waals surface area (Å²) in [5.41, 5.74) is 0. The predicted molar refractivity (Wildman–Crippen MR) is 65.4 cm³/mol. The smallest absolute Gasteiger partial charge is 0.157 e.